The molecule has 0 aromatic heterocycles. The van der Waals surface area contributed by atoms with Crippen LogP contribution in [-0.2, 0) is 0 Å². The maximum absolute atomic E-state index is 5.78. The molecule has 0 aromatic rings. The van der Waals surface area contributed by atoms with Gasteiger partial charge in [0.05, 0.1) is 0 Å². The molecule has 0 atom stereocenters. The number of aliphatic imine (C=N–C) groups is 1. The average Bonchev–Trinajstić information content (AvgIpc) is 2.20. The van der Waals surface area contributed by atoms with Crippen molar-refractivity contribution in [2.75, 3.05) is 6.54 Å². The molecule has 0 aliphatic heterocycles. The van der Waals surface area contributed by atoms with Crippen LogP contribution in [0.5, 0.6) is 0 Å². The van der Waals surface area contributed by atoms with Crippen molar-refractivity contribution in [1.29, 1.82) is 0 Å². The molecule has 0 aromatic carbocycles. The summed E-state index contributed by atoms with van der Waals surface area (Å²) in [4.78, 5) is 4.29. The quantitative estimate of drug-likeness (QED) is 0.411. The highest BCUT2D eigenvalue weighted by atomic mass is 15.1. The van der Waals surface area contributed by atoms with Crippen LogP contribution < -0.4 is 11.1 Å². The fourth-order valence-electron chi connectivity index (χ4n) is 1.86. The van der Waals surface area contributed by atoms with Crippen molar-refractivity contribution in [1.82, 2.24) is 5.32 Å². The summed E-state index contributed by atoms with van der Waals surface area (Å²) in [5.74, 6) is 0.644. The number of unbranched alkanes of at least 4 members (excludes halogenated alkanes) is 1. The molecule has 1 fully saturated rings. The summed E-state index contributed by atoms with van der Waals surface area (Å²) in [7, 11) is 0. The Kier molecular flexibility index (Phi) is 5.42. The Balaban J connectivity index is 2.17. The minimum Gasteiger partial charge on any atom is -0.370 e. The molecule has 0 unspecified atom stereocenters. The van der Waals surface area contributed by atoms with E-state index in [1.807, 2.05) is 0 Å². The molecule has 1 aliphatic rings. The Labute approximate surface area is 87.2 Å². The molecule has 1 rings (SSSR count). The van der Waals surface area contributed by atoms with Crippen molar-refractivity contribution in [2.24, 2.45) is 10.7 Å². The summed E-state index contributed by atoms with van der Waals surface area (Å²) in [6.07, 6.45) is 8.87. The maximum Gasteiger partial charge on any atom is 0.188 e. The molecule has 0 bridgehead atoms. The van der Waals surface area contributed by atoms with Crippen LogP contribution in [0.3, 0.4) is 0 Å². The van der Waals surface area contributed by atoms with Crippen molar-refractivity contribution < 1.29 is 0 Å². The maximum atomic E-state index is 5.78. The van der Waals surface area contributed by atoms with E-state index in [0.717, 1.165) is 13.0 Å². The third-order valence-electron chi connectivity index (χ3n) is 2.75. The van der Waals surface area contributed by atoms with Crippen molar-refractivity contribution >= 4 is 5.96 Å². The third kappa shape index (κ3) is 4.49. The van der Waals surface area contributed by atoms with E-state index >= 15 is 0 Å². The van der Waals surface area contributed by atoms with E-state index < -0.39 is 0 Å². The van der Waals surface area contributed by atoms with Gasteiger partial charge in [-0.1, -0.05) is 32.6 Å². The molecule has 0 spiro atoms. The van der Waals surface area contributed by atoms with E-state index in [0.29, 0.717) is 12.0 Å². The van der Waals surface area contributed by atoms with E-state index in [9.17, 15) is 0 Å². The van der Waals surface area contributed by atoms with Crippen molar-refractivity contribution in [3.8, 4) is 0 Å². The summed E-state index contributed by atoms with van der Waals surface area (Å²) < 4.78 is 0. The lowest BCUT2D eigenvalue weighted by molar-refractivity contribution is 0.412. The van der Waals surface area contributed by atoms with Crippen LogP contribution in [0.4, 0.5) is 0 Å². The highest BCUT2D eigenvalue weighted by Crippen LogP contribution is 2.16. The van der Waals surface area contributed by atoms with Gasteiger partial charge in [0.15, 0.2) is 5.96 Å². The van der Waals surface area contributed by atoms with Gasteiger partial charge in [-0.2, -0.15) is 0 Å². The lowest BCUT2D eigenvalue weighted by Gasteiger charge is -2.23. The Hall–Kier alpha value is -0.730. The lowest BCUT2D eigenvalue weighted by atomic mass is 9.96. The molecule has 3 N–H and O–H groups in total. The first kappa shape index (κ1) is 11.3. The van der Waals surface area contributed by atoms with Crippen molar-refractivity contribution in [3.05, 3.63) is 0 Å². The van der Waals surface area contributed by atoms with E-state index in [1.54, 1.807) is 0 Å². The van der Waals surface area contributed by atoms with E-state index in [1.165, 1.54) is 38.5 Å². The molecule has 14 heavy (non-hydrogen) atoms. The number of guanidine groups is 1. The van der Waals surface area contributed by atoms with Crippen LogP contribution in [0.2, 0.25) is 0 Å². The Morgan fingerprint density at radius 1 is 1.36 bits per heavy atom. The van der Waals surface area contributed by atoms with E-state index in [4.69, 9.17) is 5.73 Å². The Bertz CT molecular complexity index is 171. The van der Waals surface area contributed by atoms with Crippen molar-refractivity contribution in [3.63, 3.8) is 0 Å². The fraction of sp³-hybridized carbons (Fsp3) is 0.909. The van der Waals surface area contributed by atoms with Crippen LogP contribution >= 0.6 is 0 Å². The zero-order valence-corrected chi connectivity index (χ0v) is 9.26. The van der Waals surface area contributed by atoms with Gasteiger partial charge >= 0.3 is 0 Å². The first-order valence-electron chi connectivity index (χ1n) is 5.89. The van der Waals surface area contributed by atoms with Gasteiger partial charge in [-0.05, 0) is 19.3 Å². The highest BCUT2D eigenvalue weighted by molar-refractivity contribution is 5.78. The second-order valence-corrected chi connectivity index (χ2v) is 4.10. The standard InChI is InChI=1S/C11H23N3/c1-2-3-9-13-11(12)14-10-7-5-4-6-8-10/h10H,2-9H2,1H3,(H3,12,13,14). The molecule has 0 heterocycles. The summed E-state index contributed by atoms with van der Waals surface area (Å²) in [5, 5.41) is 3.31. The van der Waals surface area contributed by atoms with Gasteiger partial charge in [-0.25, -0.2) is 0 Å². The molecule has 3 nitrogen and oxygen atoms in total. The molecule has 3 heteroatoms. The molecule has 0 saturated heterocycles. The van der Waals surface area contributed by atoms with E-state index in [2.05, 4.69) is 17.2 Å². The predicted molar refractivity (Wildman–Crippen MR) is 61.4 cm³/mol. The van der Waals surface area contributed by atoms with Crippen LogP contribution in [0.25, 0.3) is 0 Å². The number of rotatable bonds is 4. The Morgan fingerprint density at radius 2 is 2.07 bits per heavy atom. The van der Waals surface area contributed by atoms with Crippen LogP contribution in [0.1, 0.15) is 51.9 Å². The molecular formula is C11H23N3. The van der Waals surface area contributed by atoms with Crippen LogP contribution in [0, 0.1) is 0 Å². The second kappa shape index (κ2) is 6.68. The second-order valence-electron chi connectivity index (χ2n) is 4.10. The minimum absolute atomic E-state index is 0.578. The predicted octanol–water partition coefficient (Wildman–Crippen LogP) is 2.02. The monoisotopic (exact) mass is 197 g/mol. The lowest BCUT2D eigenvalue weighted by Crippen LogP contribution is -2.41. The zero-order chi connectivity index (χ0) is 10.2. The SMILES string of the molecule is CCCCN=C(N)NC1CCCCC1. The summed E-state index contributed by atoms with van der Waals surface area (Å²) in [6.45, 7) is 3.03. The summed E-state index contributed by atoms with van der Waals surface area (Å²) in [6, 6.07) is 0.578. The van der Waals surface area contributed by atoms with E-state index in [-0.39, 0.29) is 0 Å². The molecule has 1 aliphatic carbocycles. The third-order valence-corrected chi connectivity index (χ3v) is 2.75. The van der Waals surface area contributed by atoms with Crippen molar-refractivity contribution in [2.45, 2.75) is 57.9 Å². The first-order valence-corrected chi connectivity index (χ1v) is 5.89. The summed E-state index contributed by atoms with van der Waals surface area (Å²) >= 11 is 0. The topological polar surface area (TPSA) is 50.4 Å². The largest absolute Gasteiger partial charge is 0.370 e. The number of nitrogens with two attached hydrogens (primary N) is 1. The van der Waals surface area contributed by atoms with Gasteiger partial charge in [0.25, 0.3) is 0 Å². The molecule has 0 amide bonds. The molecule has 0 radical (unpaired) electrons. The van der Waals surface area contributed by atoms with Gasteiger partial charge in [0.1, 0.15) is 0 Å². The molecular weight excluding hydrogens is 174 g/mol. The van der Waals surface area contributed by atoms with Gasteiger partial charge in [0.2, 0.25) is 0 Å². The molecule has 82 valence electrons. The fourth-order valence-corrected chi connectivity index (χ4v) is 1.86. The number of nitrogens with one attached hydrogen (secondary N) is 1. The minimum atomic E-state index is 0.578. The highest BCUT2D eigenvalue weighted by Gasteiger charge is 2.12. The molecule has 1 saturated carbocycles. The average molecular weight is 197 g/mol. The number of hydrogen-bond acceptors (Lipinski definition) is 1. The number of nitrogens with zero attached hydrogens (tertiary/aromatic N) is 1. The van der Waals surface area contributed by atoms with Gasteiger partial charge in [0, 0.05) is 12.6 Å². The first-order chi connectivity index (χ1) is 6.83. The van der Waals surface area contributed by atoms with Gasteiger partial charge in [-0.3, -0.25) is 4.99 Å². The van der Waals surface area contributed by atoms with Crippen LogP contribution in [0.15, 0.2) is 4.99 Å². The van der Waals surface area contributed by atoms with Gasteiger partial charge in [-0.15, -0.1) is 0 Å². The Morgan fingerprint density at radius 3 is 2.71 bits per heavy atom. The zero-order valence-electron chi connectivity index (χ0n) is 9.26. The summed E-state index contributed by atoms with van der Waals surface area (Å²) in [5.41, 5.74) is 5.78. The van der Waals surface area contributed by atoms with Crippen LogP contribution in [-0.4, -0.2) is 18.5 Å². The van der Waals surface area contributed by atoms with Gasteiger partial charge < -0.3 is 11.1 Å². The number of hydrogen-bond donors (Lipinski definition) is 2. The normalized spacial score (nSPS) is 19.6. The smallest absolute Gasteiger partial charge is 0.188 e.